The van der Waals surface area contributed by atoms with Gasteiger partial charge in [0.15, 0.2) is 0 Å². The minimum atomic E-state index is -3.71. The molecule has 3 aromatic rings. The SMILES string of the molecule is Cc1cc(C)n(-c2ccc(C(=O)N3CCN(S(=O)(=O)c4ccc(F)cc4)CC3)cc2)n1. The Balaban J connectivity index is 1.42. The number of nitrogens with zero attached hydrogens (tertiary/aromatic N) is 4. The Morgan fingerprint density at radius 1 is 0.935 bits per heavy atom. The van der Waals surface area contributed by atoms with Crippen LogP contribution in [0.4, 0.5) is 4.39 Å². The lowest BCUT2D eigenvalue weighted by molar-refractivity contribution is 0.0698. The average Bonchev–Trinajstić information content (AvgIpc) is 3.11. The van der Waals surface area contributed by atoms with Gasteiger partial charge in [0, 0.05) is 37.4 Å². The molecule has 162 valence electrons. The van der Waals surface area contributed by atoms with Crippen LogP contribution < -0.4 is 0 Å². The van der Waals surface area contributed by atoms with Crippen molar-refractivity contribution in [2.75, 3.05) is 26.2 Å². The zero-order chi connectivity index (χ0) is 22.2. The summed E-state index contributed by atoms with van der Waals surface area (Å²) < 4.78 is 41.7. The van der Waals surface area contributed by atoms with Crippen LogP contribution >= 0.6 is 0 Å². The number of amides is 1. The van der Waals surface area contributed by atoms with Crippen molar-refractivity contribution in [2.24, 2.45) is 0 Å². The number of carbonyl (C=O) groups is 1. The summed E-state index contributed by atoms with van der Waals surface area (Å²) in [5.41, 5.74) is 3.35. The highest BCUT2D eigenvalue weighted by molar-refractivity contribution is 7.89. The standard InChI is InChI=1S/C22H23FN4O3S/c1-16-15-17(2)27(24-16)20-7-3-18(4-8-20)22(28)25-11-13-26(14-12-25)31(29,30)21-9-5-19(23)6-10-21/h3-10,15H,11-14H2,1-2H3. The lowest BCUT2D eigenvalue weighted by Gasteiger charge is -2.34. The largest absolute Gasteiger partial charge is 0.336 e. The van der Waals surface area contributed by atoms with Crippen LogP contribution in [0, 0.1) is 19.7 Å². The number of sulfonamides is 1. The molecule has 1 fully saturated rings. The second-order valence-electron chi connectivity index (χ2n) is 7.54. The molecular formula is C22H23FN4O3S. The first-order chi connectivity index (χ1) is 14.8. The van der Waals surface area contributed by atoms with Crippen LogP contribution in [0.15, 0.2) is 59.5 Å². The predicted molar refractivity (Wildman–Crippen MR) is 114 cm³/mol. The first-order valence-corrected chi connectivity index (χ1v) is 11.4. The smallest absolute Gasteiger partial charge is 0.253 e. The summed E-state index contributed by atoms with van der Waals surface area (Å²) in [4.78, 5) is 14.6. The van der Waals surface area contributed by atoms with Crippen LogP contribution in [-0.4, -0.2) is 59.5 Å². The number of aromatic nitrogens is 2. The Bertz CT molecular complexity index is 1200. The first-order valence-electron chi connectivity index (χ1n) is 9.94. The van der Waals surface area contributed by atoms with E-state index in [2.05, 4.69) is 5.10 Å². The summed E-state index contributed by atoms with van der Waals surface area (Å²) in [6, 6.07) is 14.0. The van der Waals surface area contributed by atoms with E-state index in [-0.39, 0.29) is 23.9 Å². The van der Waals surface area contributed by atoms with E-state index < -0.39 is 15.8 Å². The monoisotopic (exact) mass is 442 g/mol. The van der Waals surface area contributed by atoms with Gasteiger partial charge in [-0.05, 0) is 68.4 Å². The number of aryl methyl sites for hydroxylation is 2. The molecule has 0 N–H and O–H groups in total. The van der Waals surface area contributed by atoms with E-state index in [1.54, 1.807) is 17.0 Å². The Morgan fingerprint density at radius 3 is 2.10 bits per heavy atom. The van der Waals surface area contributed by atoms with E-state index in [1.807, 2.05) is 36.7 Å². The fourth-order valence-corrected chi connectivity index (χ4v) is 5.13. The Kier molecular flexibility index (Phi) is 5.63. The third-order valence-corrected chi connectivity index (χ3v) is 7.26. The molecule has 1 aromatic heterocycles. The van der Waals surface area contributed by atoms with Gasteiger partial charge in [0.05, 0.1) is 16.3 Å². The minimum absolute atomic E-state index is 0.0495. The van der Waals surface area contributed by atoms with Crippen LogP contribution in [0.5, 0.6) is 0 Å². The van der Waals surface area contributed by atoms with Crippen molar-refractivity contribution in [3.05, 3.63) is 77.4 Å². The molecule has 1 amide bonds. The molecule has 0 atom stereocenters. The summed E-state index contributed by atoms with van der Waals surface area (Å²) in [7, 11) is -3.71. The molecule has 0 saturated carbocycles. The van der Waals surface area contributed by atoms with E-state index in [1.165, 1.54) is 16.4 Å². The van der Waals surface area contributed by atoms with Gasteiger partial charge in [0.25, 0.3) is 5.91 Å². The maximum atomic E-state index is 13.1. The zero-order valence-corrected chi connectivity index (χ0v) is 18.1. The number of benzene rings is 2. The van der Waals surface area contributed by atoms with Crippen LogP contribution in [-0.2, 0) is 10.0 Å². The number of piperazine rings is 1. The van der Waals surface area contributed by atoms with Crippen LogP contribution in [0.1, 0.15) is 21.7 Å². The maximum Gasteiger partial charge on any atom is 0.253 e. The molecule has 2 heterocycles. The molecule has 0 unspecified atom stereocenters. The van der Waals surface area contributed by atoms with E-state index in [0.717, 1.165) is 29.2 Å². The van der Waals surface area contributed by atoms with Gasteiger partial charge in [-0.1, -0.05) is 0 Å². The van der Waals surface area contributed by atoms with Gasteiger partial charge in [0.2, 0.25) is 10.0 Å². The Labute approximate surface area is 180 Å². The molecule has 7 nitrogen and oxygen atoms in total. The van der Waals surface area contributed by atoms with E-state index >= 15 is 0 Å². The van der Waals surface area contributed by atoms with E-state index in [0.29, 0.717) is 18.7 Å². The van der Waals surface area contributed by atoms with Crippen molar-refractivity contribution in [3.8, 4) is 5.69 Å². The highest BCUT2D eigenvalue weighted by Gasteiger charge is 2.30. The van der Waals surface area contributed by atoms with Crippen LogP contribution in [0.3, 0.4) is 0 Å². The fourth-order valence-electron chi connectivity index (χ4n) is 3.71. The van der Waals surface area contributed by atoms with Gasteiger partial charge in [-0.3, -0.25) is 4.79 Å². The summed E-state index contributed by atoms with van der Waals surface area (Å²) in [6.07, 6.45) is 0. The predicted octanol–water partition coefficient (Wildman–Crippen LogP) is 2.77. The molecule has 0 spiro atoms. The van der Waals surface area contributed by atoms with Crippen molar-refractivity contribution < 1.29 is 17.6 Å². The van der Waals surface area contributed by atoms with Crippen molar-refractivity contribution in [1.82, 2.24) is 19.0 Å². The van der Waals surface area contributed by atoms with Crippen molar-refractivity contribution >= 4 is 15.9 Å². The van der Waals surface area contributed by atoms with Gasteiger partial charge < -0.3 is 4.90 Å². The third-order valence-electron chi connectivity index (χ3n) is 5.35. The van der Waals surface area contributed by atoms with Crippen molar-refractivity contribution in [2.45, 2.75) is 18.7 Å². The van der Waals surface area contributed by atoms with Gasteiger partial charge in [-0.25, -0.2) is 17.5 Å². The van der Waals surface area contributed by atoms with Crippen LogP contribution in [0.2, 0.25) is 0 Å². The molecule has 2 aromatic carbocycles. The van der Waals surface area contributed by atoms with Crippen LogP contribution in [0.25, 0.3) is 5.69 Å². The first kappa shape index (κ1) is 21.2. The zero-order valence-electron chi connectivity index (χ0n) is 17.3. The highest BCUT2D eigenvalue weighted by Crippen LogP contribution is 2.20. The lowest BCUT2D eigenvalue weighted by Crippen LogP contribution is -2.50. The van der Waals surface area contributed by atoms with E-state index in [9.17, 15) is 17.6 Å². The molecule has 31 heavy (non-hydrogen) atoms. The highest BCUT2D eigenvalue weighted by atomic mass is 32.2. The fraction of sp³-hybridized carbons (Fsp3) is 0.273. The molecule has 0 aliphatic carbocycles. The molecule has 9 heteroatoms. The molecule has 1 aliphatic heterocycles. The summed E-state index contributed by atoms with van der Waals surface area (Å²) in [5.74, 6) is -0.628. The molecule has 0 radical (unpaired) electrons. The van der Waals surface area contributed by atoms with Gasteiger partial charge in [0.1, 0.15) is 5.82 Å². The Morgan fingerprint density at radius 2 is 1.55 bits per heavy atom. The number of hydrogen-bond acceptors (Lipinski definition) is 4. The molecule has 0 bridgehead atoms. The molecule has 1 saturated heterocycles. The maximum absolute atomic E-state index is 13.1. The number of carbonyl (C=O) groups excluding carboxylic acids is 1. The second kappa shape index (κ2) is 8.24. The lowest BCUT2D eigenvalue weighted by atomic mass is 10.1. The summed E-state index contributed by atoms with van der Waals surface area (Å²) in [6.45, 7) is 4.86. The second-order valence-corrected chi connectivity index (χ2v) is 9.47. The van der Waals surface area contributed by atoms with Gasteiger partial charge in [-0.2, -0.15) is 9.40 Å². The molecule has 1 aliphatic rings. The normalized spacial score (nSPS) is 15.3. The van der Waals surface area contributed by atoms with Crippen molar-refractivity contribution in [3.63, 3.8) is 0 Å². The average molecular weight is 443 g/mol. The minimum Gasteiger partial charge on any atom is -0.336 e. The quantitative estimate of drug-likeness (QED) is 0.623. The Hall–Kier alpha value is -3.04. The third kappa shape index (κ3) is 4.24. The summed E-state index contributed by atoms with van der Waals surface area (Å²) >= 11 is 0. The molecule has 4 rings (SSSR count). The van der Waals surface area contributed by atoms with Gasteiger partial charge in [-0.15, -0.1) is 0 Å². The topological polar surface area (TPSA) is 75.5 Å². The number of rotatable bonds is 4. The molecular weight excluding hydrogens is 419 g/mol. The number of halogens is 1. The van der Waals surface area contributed by atoms with Crippen molar-refractivity contribution in [1.29, 1.82) is 0 Å². The van der Waals surface area contributed by atoms with Gasteiger partial charge >= 0.3 is 0 Å². The summed E-state index contributed by atoms with van der Waals surface area (Å²) in [5, 5.41) is 4.44. The van der Waals surface area contributed by atoms with E-state index in [4.69, 9.17) is 0 Å². The number of hydrogen-bond donors (Lipinski definition) is 0.